The lowest BCUT2D eigenvalue weighted by Crippen LogP contribution is -2.61. The van der Waals surface area contributed by atoms with Crippen molar-refractivity contribution in [3.8, 4) is 11.5 Å². The molecule has 1 aromatic rings. The Hall–Kier alpha value is -8.72. The number of aromatic nitrogens is 1. The van der Waals surface area contributed by atoms with Gasteiger partial charge >= 0.3 is 11.9 Å². The van der Waals surface area contributed by atoms with Crippen molar-refractivity contribution in [3.05, 3.63) is 44.6 Å². The smallest absolute Gasteiger partial charge is 0.329 e. The molecule has 0 saturated carbocycles. The van der Waals surface area contributed by atoms with E-state index in [1.165, 1.54) is 80.7 Å². The van der Waals surface area contributed by atoms with Gasteiger partial charge in [-0.05, 0) is 95.1 Å². The largest absolute Gasteiger partial charge is 0.458 e. The Bertz CT molecular complexity index is 3440. The standard InChI is InChI=1S/C63H88N12O16/c1-28(2)25-37-58(83)74-23-17-19-38(74)59(84)70(13)26-40(76)72(15)49(30(5)6)62(87)89-34(11)45(56(81)65-37)68-54(79)36-22-21-32(9)52-47(36)66-48-42(43(64)51(78)33(10)53(48)91-52)55(80)69-46-35(12)90-63(88)50(31(7)8)73(16)41(77)27-71(14)60(85)39-20-18-24-75(39)61(86)44(29(3)4)67-57(46)82/h21-22,28-31,34-35,37-39,44-46,49-50H,17-20,23-27,64H2,1-16H3,(H,65,81)(H,67,82)(H,68,79)(H,69,80)/t34?,35?,37-,38+,39+,44-,45+,46+,49-,50-/m1/s1. The predicted molar refractivity (Wildman–Crippen MR) is 330 cm³/mol. The van der Waals surface area contributed by atoms with Crippen molar-refractivity contribution >= 4 is 87.8 Å². The van der Waals surface area contributed by atoms with E-state index in [0.717, 1.165) is 9.80 Å². The van der Waals surface area contributed by atoms with Crippen molar-refractivity contribution in [3.63, 3.8) is 0 Å². The first-order valence-electron chi connectivity index (χ1n) is 31.0. The van der Waals surface area contributed by atoms with Crippen LogP contribution in [-0.2, 0) is 57.4 Å². The fourth-order valence-electron chi connectivity index (χ4n) is 12.5. The van der Waals surface area contributed by atoms with Gasteiger partial charge in [-0.15, -0.1) is 0 Å². The summed E-state index contributed by atoms with van der Waals surface area (Å²) in [5, 5.41) is 10.7. The third-order valence-electron chi connectivity index (χ3n) is 17.6. The topological polar surface area (TPSA) is 360 Å². The minimum absolute atomic E-state index is 0.0743. The number of cyclic esters (lactones) is 2. The molecule has 6 aliphatic rings. The van der Waals surface area contributed by atoms with E-state index in [0.29, 0.717) is 18.4 Å². The molecule has 2 unspecified atom stereocenters. The molecule has 4 fully saturated rings. The first-order chi connectivity index (χ1) is 42.6. The van der Waals surface area contributed by atoms with E-state index in [9.17, 15) is 52.7 Å². The minimum Gasteiger partial charge on any atom is -0.458 e. The SMILES string of the molecule is Cc1c2oc3c(C)ccc(C(=O)N[C@@H]4C(=O)N[C@H](CC(C)C)C(=O)N5CCC[C@H]5C(=O)N(C)CC(=O)N(C)[C@H](C(C)C)C(=O)OC4C)c3nc-2c(C(=O)N[C@@H]2C(=O)N[C@H](C(C)C)C(=O)N3CCC[C@H]3C(=O)N(C)CC(=O)N(C)[C@H](C(C)C)C(=O)OC2C)c(N)c1=O. The number of hydrogen-bond acceptors (Lipinski definition) is 18. The number of anilines is 1. The van der Waals surface area contributed by atoms with Gasteiger partial charge in [-0.2, -0.15) is 0 Å². The van der Waals surface area contributed by atoms with Crippen molar-refractivity contribution in [2.75, 3.05) is 60.1 Å². The van der Waals surface area contributed by atoms with Crippen LogP contribution in [0.5, 0.6) is 0 Å². The molecule has 0 spiro atoms. The predicted octanol–water partition coefficient (Wildman–Crippen LogP) is 1.12. The van der Waals surface area contributed by atoms with E-state index in [-0.39, 0.29) is 66.3 Å². The Morgan fingerprint density at radius 2 is 1.12 bits per heavy atom. The highest BCUT2D eigenvalue weighted by Crippen LogP contribution is 2.35. The van der Waals surface area contributed by atoms with E-state index < -0.39 is 185 Å². The number of aryl methyl sites for hydroxylation is 1. The average molecular weight is 1270 g/mol. The van der Waals surface area contributed by atoms with E-state index >= 15 is 9.59 Å². The third-order valence-corrected chi connectivity index (χ3v) is 17.6. The Morgan fingerprint density at radius 3 is 1.59 bits per heavy atom. The summed E-state index contributed by atoms with van der Waals surface area (Å²) in [7, 11) is 5.60. The molecule has 91 heavy (non-hydrogen) atoms. The van der Waals surface area contributed by atoms with Gasteiger partial charge in [0.15, 0.2) is 11.3 Å². The lowest BCUT2D eigenvalue weighted by molar-refractivity contribution is -0.163. The van der Waals surface area contributed by atoms with Crippen LogP contribution < -0.4 is 32.4 Å². The van der Waals surface area contributed by atoms with Crippen molar-refractivity contribution in [1.82, 2.24) is 55.7 Å². The summed E-state index contributed by atoms with van der Waals surface area (Å²) in [5.74, 6) is -11.9. The first kappa shape index (κ1) is 69.7. The summed E-state index contributed by atoms with van der Waals surface area (Å²) < 4.78 is 18.3. The molecule has 10 amide bonds. The fraction of sp³-hybridized carbons (Fsp3) is 0.619. The number of amides is 10. The quantitative estimate of drug-likeness (QED) is 0.114. The number of nitrogen functional groups attached to an aromatic ring is 1. The minimum atomic E-state index is -1.88. The van der Waals surface area contributed by atoms with Crippen molar-refractivity contribution in [2.45, 2.75) is 176 Å². The number of nitrogens with zero attached hydrogens (tertiary/aromatic N) is 7. The zero-order valence-electron chi connectivity index (χ0n) is 54.8. The van der Waals surface area contributed by atoms with Gasteiger partial charge in [-0.25, -0.2) is 14.6 Å². The maximum atomic E-state index is 15.2. The number of carbonyl (C=O) groups excluding carboxylic acids is 12. The summed E-state index contributed by atoms with van der Waals surface area (Å²) in [6.45, 7) is 18.7. The van der Waals surface area contributed by atoms with Crippen molar-refractivity contribution in [2.24, 2.45) is 23.7 Å². The number of nitrogens with one attached hydrogen (secondary N) is 4. The van der Waals surface area contributed by atoms with Crippen LogP contribution in [0, 0.1) is 37.5 Å². The van der Waals surface area contributed by atoms with Gasteiger partial charge in [0, 0.05) is 46.8 Å². The number of ether oxygens (including phenoxy) is 2. The summed E-state index contributed by atoms with van der Waals surface area (Å²) in [4.78, 5) is 200. The number of nitrogens with two attached hydrogens (primary N) is 1. The zero-order valence-corrected chi connectivity index (χ0v) is 54.8. The number of rotatable bonds is 9. The van der Waals surface area contributed by atoms with Crippen LogP contribution in [0.2, 0.25) is 0 Å². The second kappa shape index (κ2) is 28.2. The molecule has 1 aromatic carbocycles. The monoisotopic (exact) mass is 1270 g/mol. The van der Waals surface area contributed by atoms with Crippen LogP contribution in [0.15, 0.2) is 21.3 Å². The molecule has 0 radical (unpaired) electrons. The fourth-order valence-corrected chi connectivity index (χ4v) is 12.5. The molecule has 7 rings (SSSR count). The molecule has 28 heteroatoms. The van der Waals surface area contributed by atoms with E-state index in [1.807, 2.05) is 13.8 Å². The average Bonchev–Trinajstić information content (AvgIpc) is 1.35. The van der Waals surface area contributed by atoms with Crippen LogP contribution in [0.1, 0.15) is 133 Å². The van der Waals surface area contributed by atoms with Gasteiger partial charge in [-0.1, -0.05) is 61.5 Å². The maximum Gasteiger partial charge on any atom is 0.329 e. The normalized spacial score (nSPS) is 26.1. The summed E-state index contributed by atoms with van der Waals surface area (Å²) in [6, 6.07) is -7.86. The number of esters is 2. The molecule has 5 aliphatic heterocycles. The molecular weight excluding hydrogens is 1180 g/mol. The van der Waals surface area contributed by atoms with Gasteiger partial charge in [-0.3, -0.25) is 52.7 Å². The summed E-state index contributed by atoms with van der Waals surface area (Å²) in [6.07, 6.45) is -1.56. The highest BCUT2D eigenvalue weighted by Gasteiger charge is 2.46. The second-order valence-corrected chi connectivity index (χ2v) is 26.0. The molecule has 496 valence electrons. The van der Waals surface area contributed by atoms with Crippen LogP contribution in [0.25, 0.3) is 22.6 Å². The van der Waals surface area contributed by atoms with Crippen molar-refractivity contribution in [1.29, 1.82) is 0 Å². The van der Waals surface area contributed by atoms with Crippen LogP contribution in [0.3, 0.4) is 0 Å². The Morgan fingerprint density at radius 1 is 0.648 bits per heavy atom. The number of fused-ring (bicyclic) bond motifs is 4. The number of likely N-dealkylation sites (N-methyl/N-ethyl adjacent to an activating group) is 4. The molecule has 6 N–H and O–H groups in total. The molecular formula is C63H88N12O16. The summed E-state index contributed by atoms with van der Waals surface area (Å²) >= 11 is 0. The van der Waals surface area contributed by atoms with Crippen LogP contribution >= 0.6 is 0 Å². The second-order valence-electron chi connectivity index (χ2n) is 26.0. The molecule has 10 atom stereocenters. The number of benzene rings is 2. The first-order valence-corrected chi connectivity index (χ1v) is 31.0. The highest BCUT2D eigenvalue weighted by atomic mass is 16.6. The third kappa shape index (κ3) is 14.4. The van der Waals surface area contributed by atoms with E-state index in [2.05, 4.69) is 21.3 Å². The molecule has 0 aromatic heterocycles. The van der Waals surface area contributed by atoms with E-state index in [4.69, 9.17) is 24.6 Å². The van der Waals surface area contributed by atoms with Gasteiger partial charge < -0.3 is 70.3 Å². The Labute approximate surface area is 528 Å². The van der Waals surface area contributed by atoms with Crippen LogP contribution in [-0.4, -0.2) is 220 Å². The molecule has 28 nitrogen and oxygen atoms in total. The lowest BCUT2D eigenvalue weighted by Gasteiger charge is -2.36. The Balaban J connectivity index is 1.32. The molecule has 1 aliphatic carbocycles. The highest BCUT2D eigenvalue weighted by molar-refractivity contribution is 6.10. The summed E-state index contributed by atoms with van der Waals surface area (Å²) in [5.41, 5.74) is 3.59. The number of hydrogen-bond donors (Lipinski definition) is 5. The molecule has 4 saturated heterocycles. The van der Waals surface area contributed by atoms with Gasteiger partial charge in [0.2, 0.25) is 52.7 Å². The lowest BCUT2D eigenvalue weighted by atomic mass is 9.98. The maximum absolute atomic E-state index is 15.2. The van der Waals surface area contributed by atoms with Gasteiger partial charge in [0.25, 0.3) is 11.8 Å². The molecule has 0 bridgehead atoms. The van der Waals surface area contributed by atoms with Gasteiger partial charge in [0.05, 0.1) is 29.9 Å². The zero-order chi connectivity index (χ0) is 67.7. The van der Waals surface area contributed by atoms with Crippen LogP contribution in [0.4, 0.5) is 5.69 Å². The van der Waals surface area contributed by atoms with E-state index in [1.54, 1.807) is 48.5 Å². The van der Waals surface area contributed by atoms with Gasteiger partial charge in [0.1, 0.15) is 71.8 Å². The van der Waals surface area contributed by atoms with Crippen molar-refractivity contribution < 1.29 is 71.4 Å². The number of carbonyl (C=O) groups is 12. The Kier molecular flexibility index (Phi) is 21.6. The molecule has 5 heterocycles.